The van der Waals surface area contributed by atoms with Crippen molar-refractivity contribution in [3.63, 3.8) is 0 Å². The van der Waals surface area contributed by atoms with Crippen LogP contribution in [-0.2, 0) is 6.42 Å². The number of hydrogen-bond donors (Lipinski definition) is 0. The lowest BCUT2D eigenvalue weighted by Crippen LogP contribution is -2.41. The number of hydrogen-bond acceptors (Lipinski definition) is 4. The molecule has 0 unspecified atom stereocenters. The van der Waals surface area contributed by atoms with Crippen molar-refractivity contribution in [1.29, 1.82) is 0 Å². The van der Waals surface area contributed by atoms with E-state index >= 15 is 0 Å². The Balaban J connectivity index is 1.80. The van der Waals surface area contributed by atoms with E-state index in [1.807, 2.05) is 24.3 Å². The Bertz CT molecular complexity index is 618. The standard InChI is InChI=1S/C15H20N4O2/c1-3-13-14(11(2)21-17-13)15(20)18-7-4-5-12(9-18)19-8-6-16-10-19/h6,8,10,12H,3-5,7,9H2,1-2H3/t12-/m0/s1. The summed E-state index contributed by atoms with van der Waals surface area (Å²) in [6.45, 7) is 5.29. The number of likely N-dealkylation sites (tertiary alicyclic amines) is 1. The van der Waals surface area contributed by atoms with Crippen molar-refractivity contribution in [1.82, 2.24) is 19.6 Å². The third-order valence-corrected chi connectivity index (χ3v) is 4.11. The lowest BCUT2D eigenvalue weighted by Gasteiger charge is -2.33. The molecule has 0 radical (unpaired) electrons. The first-order valence-electron chi connectivity index (χ1n) is 7.42. The SMILES string of the molecule is CCc1noc(C)c1C(=O)N1CCC[C@H](n2ccnc2)C1. The number of piperidine rings is 1. The quantitative estimate of drug-likeness (QED) is 0.868. The summed E-state index contributed by atoms with van der Waals surface area (Å²) in [7, 11) is 0. The number of aryl methyl sites for hydroxylation is 2. The third-order valence-electron chi connectivity index (χ3n) is 4.11. The van der Waals surface area contributed by atoms with Crippen molar-refractivity contribution < 1.29 is 9.32 Å². The summed E-state index contributed by atoms with van der Waals surface area (Å²) in [5.74, 6) is 0.650. The largest absolute Gasteiger partial charge is 0.361 e. The molecule has 2 aromatic rings. The van der Waals surface area contributed by atoms with Crippen molar-refractivity contribution in [3.8, 4) is 0 Å². The molecule has 0 aromatic carbocycles. The molecule has 112 valence electrons. The number of amides is 1. The predicted octanol–water partition coefficient (Wildman–Crippen LogP) is 2.22. The zero-order valence-corrected chi connectivity index (χ0v) is 12.5. The van der Waals surface area contributed by atoms with Gasteiger partial charge in [0, 0.05) is 25.5 Å². The van der Waals surface area contributed by atoms with Crippen LogP contribution < -0.4 is 0 Å². The molecule has 1 atom stereocenters. The van der Waals surface area contributed by atoms with Crippen molar-refractivity contribution in [2.45, 2.75) is 39.2 Å². The minimum absolute atomic E-state index is 0.0374. The maximum Gasteiger partial charge on any atom is 0.259 e. The Morgan fingerprint density at radius 3 is 3.10 bits per heavy atom. The number of nitrogens with zero attached hydrogens (tertiary/aromatic N) is 4. The Hall–Kier alpha value is -2.11. The fourth-order valence-corrected chi connectivity index (χ4v) is 2.96. The highest BCUT2D eigenvalue weighted by molar-refractivity contribution is 5.96. The van der Waals surface area contributed by atoms with Crippen molar-refractivity contribution in [2.75, 3.05) is 13.1 Å². The fourth-order valence-electron chi connectivity index (χ4n) is 2.96. The second-order valence-corrected chi connectivity index (χ2v) is 5.47. The summed E-state index contributed by atoms with van der Waals surface area (Å²) >= 11 is 0. The first-order chi connectivity index (χ1) is 10.2. The molecule has 1 aliphatic rings. The number of carbonyl (C=O) groups excluding carboxylic acids is 1. The number of imidazole rings is 1. The van der Waals surface area contributed by atoms with Crippen LogP contribution >= 0.6 is 0 Å². The van der Waals surface area contributed by atoms with E-state index < -0.39 is 0 Å². The van der Waals surface area contributed by atoms with Gasteiger partial charge in [0.05, 0.1) is 18.1 Å². The monoisotopic (exact) mass is 288 g/mol. The van der Waals surface area contributed by atoms with Crippen LogP contribution in [0.3, 0.4) is 0 Å². The van der Waals surface area contributed by atoms with E-state index in [2.05, 4.69) is 14.7 Å². The topological polar surface area (TPSA) is 64.2 Å². The summed E-state index contributed by atoms with van der Waals surface area (Å²) in [4.78, 5) is 18.8. The van der Waals surface area contributed by atoms with Crippen LogP contribution in [0.25, 0.3) is 0 Å². The van der Waals surface area contributed by atoms with Crippen molar-refractivity contribution in [3.05, 3.63) is 35.7 Å². The number of rotatable bonds is 3. The maximum atomic E-state index is 12.8. The molecule has 2 aromatic heterocycles. The van der Waals surface area contributed by atoms with E-state index in [1.165, 1.54) is 0 Å². The van der Waals surface area contributed by atoms with E-state index in [1.54, 1.807) is 13.1 Å². The van der Waals surface area contributed by atoms with Crippen LogP contribution in [0, 0.1) is 6.92 Å². The Morgan fingerprint density at radius 2 is 2.38 bits per heavy atom. The summed E-state index contributed by atoms with van der Waals surface area (Å²) in [5.41, 5.74) is 1.39. The average molecular weight is 288 g/mol. The molecule has 0 saturated carbocycles. The van der Waals surface area contributed by atoms with Gasteiger partial charge >= 0.3 is 0 Å². The summed E-state index contributed by atoms with van der Waals surface area (Å²) in [5, 5.41) is 3.98. The van der Waals surface area contributed by atoms with E-state index in [4.69, 9.17) is 4.52 Å². The molecule has 0 N–H and O–H groups in total. The van der Waals surface area contributed by atoms with Gasteiger partial charge in [0.25, 0.3) is 5.91 Å². The summed E-state index contributed by atoms with van der Waals surface area (Å²) in [6.07, 6.45) is 8.34. The second kappa shape index (κ2) is 5.71. The van der Waals surface area contributed by atoms with Gasteiger partial charge in [-0.3, -0.25) is 4.79 Å². The molecule has 0 bridgehead atoms. The molecule has 0 aliphatic carbocycles. The fraction of sp³-hybridized carbons (Fsp3) is 0.533. The van der Waals surface area contributed by atoms with Gasteiger partial charge in [-0.1, -0.05) is 12.1 Å². The third kappa shape index (κ3) is 2.57. The molecule has 1 aliphatic heterocycles. The van der Waals surface area contributed by atoms with Gasteiger partial charge in [-0.15, -0.1) is 0 Å². The van der Waals surface area contributed by atoms with Crippen LogP contribution in [0.5, 0.6) is 0 Å². The van der Waals surface area contributed by atoms with E-state index in [9.17, 15) is 4.79 Å². The lowest BCUT2D eigenvalue weighted by atomic mass is 10.0. The predicted molar refractivity (Wildman–Crippen MR) is 77.0 cm³/mol. The van der Waals surface area contributed by atoms with Gasteiger partial charge in [0.15, 0.2) is 0 Å². The van der Waals surface area contributed by atoms with Crippen molar-refractivity contribution in [2.24, 2.45) is 0 Å². The van der Waals surface area contributed by atoms with Gasteiger partial charge in [0.2, 0.25) is 0 Å². The molecule has 3 rings (SSSR count). The minimum Gasteiger partial charge on any atom is -0.361 e. The van der Waals surface area contributed by atoms with Gasteiger partial charge in [-0.2, -0.15) is 0 Å². The number of aromatic nitrogens is 3. The number of carbonyl (C=O) groups is 1. The molecule has 3 heterocycles. The summed E-state index contributed by atoms with van der Waals surface area (Å²) in [6, 6.07) is 0.301. The van der Waals surface area contributed by atoms with Crippen LogP contribution in [0.15, 0.2) is 23.2 Å². The Morgan fingerprint density at radius 1 is 1.52 bits per heavy atom. The average Bonchev–Trinajstić information content (AvgIpc) is 3.16. The van der Waals surface area contributed by atoms with Crippen LogP contribution in [0.1, 0.15) is 47.6 Å². The first-order valence-corrected chi connectivity index (χ1v) is 7.42. The van der Waals surface area contributed by atoms with Crippen LogP contribution in [0.4, 0.5) is 0 Å². The molecule has 1 amide bonds. The Labute approximate surface area is 123 Å². The van der Waals surface area contributed by atoms with Gasteiger partial charge < -0.3 is 14.0 Å². The molecule has 6 nitrogen and oxygen atoms in total. The lowest BCUT2D eigenvalue weighted by molar-refractivity contribution is 0.0676. The van der Waals surface area contributed by atoms with Gasteiger partial charge in [-0.05, 0) is 26.2 Å². The molecular weight excluding hydrogens is 268 g/mol. The summed E-state index contributed by atoms with van der Waals surface area (Å²) < 4.78 is 7.27. The molecule has 0 spiro atoms. The normalized spacial score (nSPS) is 19.0. The van der Waals surface area contributed by atoms with Crippen LogP contribution in [-0.4, -0.2) is 38.6 Å². The van der Waals surface area contributed by atoms with E-state index in [-0.39, 0.29) is 5.91 Å². The maximum absolute atomic E-state index is 12.8. The van der Waals surface area contributed by atoms with Gasteiger partial charge in [-0.25, -0.2) is 4.98 Å². The molecule has 6 heteroatoms. The molecule has 1 fully saturated rings. The Kier molecular flexibility index (Phi) is 3.77. The highest BCUT2D eigenvalue weighted by Crippen LogP contribution is 2.24. The molecule has 1 saturated heterocycles. The van der Waals surface area contributed by atoms with Crippen molar-refractivity contribution >= 4 is 5.91 Å². The van der Waals surface area contributed by atoms with E-state index in [0.29, 0.717) is 30.3 Å². The molecule has 21 heavy (non-hydrogen) atoms. The zero-order chi connectivity index (χ0) is 14.8. The second-order valence-electron chi connectivity index (χ2n) is 5.47. The highest BCUT2D eigenvalue weighted by Gasteiger charge is 2.29. The highest BCUT2D eigenvalue weighted by atomic mass is 16.5. The van der Waals surface area contributed by atoms with Gasteiger partial charge in [0.1, 0.15) is 11.3 Å². The minimum atomic E-state index is 0.0374. The van der Waals surface area contributed by atoms with E-state index in [0.717, 1.165) is 25.1 Å². The van der Waals surface area contributed by atoms with Crippen LogP contribution in [0.2, 0.25) is 0 Å². The zero-order valence-electron chi connectivity index (χ0n) is 12.5. The first kappa shape index (κ1) is 13.9. The molecular formula is C15H20N4O2. The smallest absolute Gasteiger partial charge is 0.259 e.